The minimum atomic E-state index is 0.361. The number of rotatable bonds is 6. The summed E-state index contributed by atoms with van der Waals surface area (Å²) in [5.74, 6) is 1.06. The van der Waals surface area contributed by atoms with Crippen molar-refractivity contribution in [2.45, 2.75) is 69.6 Å². The van der Waals surface area contributed by atoms with Gasteiger partial charge in [-0.1, -0.05) is 18.2 Å². The summed E-state index contributed by atoms with van der Waals surface area (Å²) < 4.78 is 0. The van der Waals surface area contributed by atoms with Crippen LogP contribution in [-0.4, -0.2) is 57.3 Å². The Labute approximate surface area is 190 Å². The molecule has 1 aromatic carbocycles. The van der Waals surface area contributed by atoms with Gasteiger partial charge < -0.3 is 9.88 Å². The lowest BCUT2D eigenvalue weighted by atomic mass is 9.86. The third-order valence-electron chi connectivity index (χ3n) is 6.98. The van der Waals surface area contributed by atoms with E-state index < -0.39 is 0 Å². The molecule has 1 saturated carbocycles. The van der Waals surface area contributed by atoms with Crippen molar-refractivity contribution in [2.75, 3.05) is 14.1 Å². The SMILES string of the molecule is CN(C)C=NC1CCC(N(Cc2nc3ccccc3[nH]2)C2CCCc3cccnc32)CC1. The molecular weight excluding hydrogens is 396 g/mol. The molecule has 3 aromatic rings. The zero-order valence-corrected chi connectivity index (χ0v) is 19.2. The van der Waals surface area contributed by atoms with Crippen molar-refractivity contribution in [2.24, 2.45) is 4.99 Å². The van der Waals surface area contributed by atoms with Gasteiger partial charge in [-0.2, -0.15) is 0 Å². The molecule has 2 aliphatic rings. The van der Waals surface area contributed by atoms with Crippen molar-refractivity contribution < 1.29 is 0 Å². The first kappa shape index (κ1) is 21.1. The van der Waals surface area contributed by atoms with Crippen LogP contribution < -0.4 is 0 Å². The Kier molecular flexibility index (Phi) is 6.21. The van der Waals surface area contributed by atoms with Gasteiger partial charge in [0, 0.05) is 26.3 Å². The van der Waals surface area contributed by atoms with Crippen LogP contribution in [0.3, 0.4) is 0 Å². The number of benzene rings is 1. The fraction of sp³-hybridized carbons (Fsp3) is 0.500. The van der Waals surface area contributed by atoms with E-state index in [9.17, 15) is 0 Å². The topological polar surface area (TPSA) is 60.4 Å². The number of nitrogens with one attached hydrogen (secondary N) is 1. The molecule has 0 amide bonds. The van der Waals surface area contributed by atoms with Crippen LogP contribution in [0, 0.1) is 0 Å². The smallest absolute Gasteiger partial charge is 0.121 e. The number of para-hydroxylation sites is 2. The summed E-state index contributed by atoms with van der Waals surface area (Å²) in [5.41, 5.74) is 4.86. The molecule has 1 N–H and O–H groups in total. The molecule has 1 atom stereocenters. The molecule has 0 saturated heterocycles. The summed E-state index contributed by atoms with van der Waals surface area (Å²) >= 11 is 0. The van der Waals surface area contributed by atoms with Crippen molar-refractivity contribution in [3.8, 4) is 0 Å². The number of hydrogen-bond donors (Lipinski definition) is 1. The lowest BCUT2D eigenvalue weighted by molar-refractivity contribution is 0.0762. The molecular formula is C26H34N6. The van der Waals surface area contributed by atoms with Crippen LogP contribution >= 0.6 is 0 Å². The standard InChI is InChI=1S/C26H34N6/c1-31(2)18-28-20-12-14-21(15-13-20)32(17-25-29-22-9-3-4-10-23(22)30-25)24-11-5-7-19-8-6-16-27-26(19)24/h3-4,6,8-10,16,18,20-21,24H,5,7,11-15,17H2,1-2H3,(H,29,30). The quantitative estimate of drug-likeness (QED) is 0.453. The van der Waals surface area contributed by atoms with Gasteiger partial charge in [0.1, 0.15) is 5.82 Å². The number of hydrogen-bond acceptors (Lipinski definition) is 4. The molecule has 0 spiro atoms. The first-order valence-electron chi connectivity index (χ1n) is 12.0. The zero-order valence-electron chi connectivity index (χ0n) is 19.2. The minimum Gasteiger partial charge on any atom is -0.369 e. The van der Waals surface area contributed by atoms with Gasteiger partial charge in [0.05, 0.1) is 41.7 Å². The number of imidazole rings is 1. The highest BCUT2D eigenvalue weighted by Crippen LogP contribution is 2.38. The molecule has 0 bridgehead atoms. The monoisotopic (exact) mass is 430 g/mol. The second-order valence-corrected chi connectivity index (χ2v) is 9.52. The largest absolute Gasteiger partial charge is 0.369 e. The Morgan fingerprint density at radius 1 is 1.06 bits per heavy atom. The van der Waals surface area contributed by atoms with E-state index in [0.717, 1.165) is 42.7 Å². The van der Waals surface area contributed by atoms with Crippen LogP contribution in [0.25, 0.3) is 11.0 Å². The normalized spacial score (nSPS) is 23.7. The molecule has 5 rings (SSSR count). The molecule has 0 radical (unpaired) electrons. The molecule has 2 heterocycles. The highest BCUT2D eigenvalue weighted by atomic mass is 15.2. The number of nitrogens with zero attached hydrogens (tertiary/aromatic N) is 5. The Morgan fingerprint density at radius 2 is 1.91 bits per heavy atom. The number of aromatic nitrogens is 3. The van der Waals surface area contributed by atoms with E-state index in [1.807, 2.05) is 31.5 Å². The van der Waals surface area contributed by atoms with Crippen molar-refractivity contribution >= 4 is 17.4 Å². The number of aryl methyl sites for hydroxylation is 1. The third kappa shape index (κ3) is 4.56. The molecule has 2 aromatic heterocycles. The summed E-state index contributed by atoms with van der Waals surface area (Å²) in [6.45, 7) is 0.839. The van der Waals surface area contributed by atoms with Crippen LogP contribution in [-0.2, 0) is 13.0 Å². The Morgan fingerprint density at radius 3 is 2.72 bits per heavy atom. The van der Waals surface area contributed by atoms with Gasteiger partial charge in [0.15, 0.2) is 0 Å². The molecule has 6 nitrogen and oxygen atoms in total. The van der Waals surface area contributed by atoms with Crippen LogP contribution in [0.5, 0.6) is 0 Å². The Hall–Kier alpha value is -2.73. The molecule has 6 heteroatoms. The number of H-pyrrole nitrogens is 1. The average Bonchev–Trinajstić information content (AvgIpc) is 3.24. The van der Waals surface area contributed by atoms with Crippen LogP contribution in [0.1, 0.15) is 61.6 Å². The van der Waals surface area contributed by atoms with Gasteiger partial charge in [0.2, 0.25) is 0 Å². The Bertz CT molecular complexity index is 1030. The maximum Gasteiger partial charge on any atom is 0.121 e. The molecule has 2 aliphatic carbocycles. The van der Waals surface area contributed by atoms with Crippen molar-refractivity contribution in [3.05, 3.63) is 59.7 Å². The van der Waals surface area contributed by atoms with Crippen molar-refractivity contribution in [3.63, 3.8) is 0 Å². The van der Waals surface area contributed by atoms with Gasteiger partial charge in [-0.3, -0.25) is 14.9 Å². The number of fused-ring (bicyclic) bond motifs is 2. The van der Waals surface area contributed by atoms with Gasteiger partial charge in [-0.25, -0.2) is 4.98 Å². The van der Waals surface area contributed by atoms with E-state index in [1.165, 1.54) is 36.9 Å². The molecule has 168 valence electrons. The highest BCUT2D eigenvalue weighted by molar-refractivity contribution is 5.74. The first-order chi connectivity index (χ1) is 15.7. The molecule has 32 heavy (non-hydrogen) atoms. The van der Waals surface area contributed by atoms with Crippen LogP contribution in [0.4, 0.5) is 0 Å². The number of aliphatic imine (C=N–C) groups is 1. The van der Waals surface area contributed by atoms with Gasteiger partial charge in [0.25, 0.3) is 0 Å². The van der Waals surface area contributed by atoms with Crippen LogP contribution in [0.15, 0.2) is 47.6 Å². The summed E-state index contributed by atoms with van der Waals surface area (Å²) in [6, 6.07) is 14.0. The first-order valence-corrected chi connectivity index (χ1v) is 12.0. The molecule has 1 fully saturated rings. The van der Waals surface area contributed by atoms with E-state index >= 15 is 0 Å². The average molecular weight is 431 g/mol. The number of aromatic amines is 1. The summed E-state index contributed by atoms with van der Waals surface area (Å²) in [7, 11) is 4.08. The summed E-state index contributed by atoms with van der Waals surface area (Å²) in [4.78, 5) is 22.9. The lowest BCUT2D eigenvalue weighted by Crippen LogP contribution is -2.42. The fourth-order valence-corrected chi connectivity index (χ4v) is 5.42. The third-order valence-corrected chi connectivity index (χ3v) is 6.98. The van der Waals surface area contributed by atoms with Gasteiger partial charge in [-0.05, 0) is 68.7 Å². The van der Waals surface area contributed by atoms with Gasteiger partial charge >= 0.3 is 0 Å². The minimum absolute atomic E-state index is 0.361. The van der Waals surface area contributed by atoms with Crippen molar-refractivity contribution in [1.29, 1.82) is 0 Å². The van der Waals surface area contributed by atoms with E-state index in [2.05, 4.69) is 46.3 Å². The summed E-state index contributed by atoms with van der Waals surface area (Å²) in [5, 5.41) is 0. The lowest BCUT2D eigenvalue weighted by Gasteiger charge is -2.42. The second kappa shape index (κ2) is 9.41. The maximum absolute atomic E-state index is 4.92. The Balaban J connectivity index is 1.41. The molecule has 0 aliphatic heterocycles. The maximum atomic E-state index is 4.92. The predicted molar refractivity (Wildman–Crippen MR) is 130 cm³/mol. The fourth-order valence-electron chi connectivity index (χ4n) is 5.42. The molecule has 1 unspecified atom stereocenters. The second-order valence-electron chi connectivity index (χ2n) is 9.52. The zero-order chi connectivity index (χ0) is 21.9. The van der Waals surface area contributed by atoms with Crippen molar-refractivity contribution in [1.82, 2.24) is 24.8 Å². The van der Waals surface area contributed by atoms with Gasteiger partial charge in [-0.15, -0.1) is 0 Å². The van der Waals surface area contributed by atoms with E-state index in [1.54, 1.807) is 0 Å². The van der Waals surface area contributed by atoms with Crippen LogP contribution in [0.2, 0.25) is 0 Å². The van der Waals surface area contributed by atoms with E-state index in [4.69, 9.17) is 15.0 Å². The summed E-state index contributed by atoms with van der Waals surface area (Å²) in [6.07, 6.45) is 12.1. The number of pyridine rings is 1. The predicted octanol–water partition coefficient (Wildman–Crippen LogP) is 4.74. The highest BCUT2D eigenvalue weighted by Gasteiger charge is 2.34. The van der Waals surface area contributed by atoms with E-state index in [0.29, 0.717) is 18.1 Å². The van der Waals surface area contributed by atoms with E-state index in [-0.39, 0.29) is 0 Å².